The number of nitrogens with one attached hydrogen (secondary N) is 1. The molecule has 1 aliphatic heterocycles. The first kappa shape index (κ1) is 18.9. The number of esters is 1. The van der Waals surface area contributed by atoms with Crippen LogP contribution < -0.4 is 20.5 Å². The Kier molecular flexibility index (Phi) is 6.51. The van der Waals surface area contributed by atoms with Gasteiger partial charge in [0.25, 0.3) is 5.91 Å². The van der Waals surface area contributed by atoms with E-state index in [-0.39, 0.29) is 11.7 Å². The zero-order valence-corrected chi connectivity index (χ0v) is 14.8. The third-order valence-electron chi connectivity index (χ3n) is 3.24. The molecule has 9 heteroatoms. The second-order valence-corrected chi connectivity index (χ2v) is 6.65. The van der Waals surface area contributed by atoms with Gasteiger partial charge in [-0.1, -0.05) is 13.8 Å². The number of carbonyl (C=O) groups excluding carboxylic acids is 3. The lowest BCUT2D eigenvalue weighted by Gasteiger charge is -2.20. The molecule has 136 valence electrons. The molecule has 0 unspecified atom stereocenters. The second-order valence-electron chi connectivity index (χ2n) is 5.60. The van der Waals surface area contributed by atoms with Crippen molar-refractivity contribution < 1.29 is 28.6 Å². The maximum atomic E-state index is 12.0. The number of imide groups is 1. The van der Waals surface area contributed by atoms with Gasteiger partial charge in [-0.25, -0.2) is 4.79 Å². The van der Waals surface area contributed by atoms with E-state index < -0.39 is 24.0 Å². The fraction of sp³-hybridized carbons (Fsp3) is 0.438. The fourth-order valence-electron chi connectivity index (χ4n) is 2.12. The lowest BCUT2D eigenvalue weighted by Crippen LogP contribution is -2.45. The van der Waals surface area contributed by atoms with E-state index in [0.717, 1.165) is 4.90 Å². The maximum Gasteiger partial charge on any atom is 0.318 e. The summed E-state index contributed by atoms with van der Waals surface area (Å²) in [5.41, 5.74) is 4.91. The molecule has 1 aromatic rings. The van der Waals surface area contributed by atoms with Crippen LogP contribution in [-0.4, -0.2) is 43.0 Å². The SMILES string of the molecule is CC(C)[C@@H](OC(=O)CSc1ccc2c(c1)OCCO2)C(=O)NC(N)=O. The van der Waals surface area contributed by atoms with E-state index in [9.17, 15) is 14.4 Å². The van der Waals surface area contributed by atoms with Gasteiger partial charge in [-0.3, -0.25) is 14.9 Å². The van der Waals surface area contributed by atoms with E-state index in [1.807, 2.05) is 11.4 Å². The Morgan fingerprint density at radius 2 is 1.92 bits per heavy atom. The van der Waals surface area contributed by atoms with Gasteiger partial charge >= 0.3 is 12.0 Å². The zero-order chi connectivity index (χ0) is 18.4. The van der Waals surface area contributed by atoms with Crippen LogP contribution in [0.15, 0.2) is 23.1 Å². The number of fused-ring (bicyclic) bond motifs is 1. The molecule has 1 atom stereocenters. The Bertz CT molecular complexity index is 664. The lowest BCUT2D eigenvalue weighted by atomic mass is 10.1. The predicted octanol–water partition coefficient (Wildman–Crippen LogP) is 1.31. The maximum absolute atomic E-state index is 12.0. The number of ether oxygens (including phenoxy) is 3. The molecule has 1 aromatic carbocycles. The number of rotatable bonds is 6. The summed E-state index contributed by atoms with van der Waals surface area (Å²) >= 11 is 1.25. The minimum absolute atomic E-state index is 0.00666. The van der Waals surface area contributed by atoms with Crippen LogP contribution in [0, 0.1) is 5.92 Å². The number of urea groups is 1. The van der Waals surface area contributed by atoms with Crippen molar-refractivity contribution in [2.75, 3.05) is 19.0 Å². The average molecular weight is 368 g/mol. The molecule has 3 amide bonds. The van der Waals surface area contributed by atoms with Crippen molar-refractivity contribution in [2.24, 2.45) is 11.7 Å². The summed E-state index contributed by atoms with van der Waals surface area (Å²) in [5.74, 6) is -0.306. The summed E-state index contributed by atoms with van der Waals surface area (Å²) in [6.45, 7) is 4.39. The largest absolute Gasteiger partial charge is 0.486 e. The number of primary amides is 1. The summed E-state index contributed by atoms with van der Waals surface area (Å²) in [4.78, 5) is 35.4. The predicted molar refractivity (Wildman–Crippen MR) is 90.6 cm³/mol. The number of carbonyl (C=O) groups is 3. The monoisotopic (exact) mass is 368 g/mol. The van der Waals surface area contributed by atoms with E-state index in [2.05, 4.69) is 0 Å². The molecule has 0 spiro atoms. The molecule has 3 N–H and O–H groups in total. The van der Waals surface area contributed by atoms with Gasteiger partial charge in [0.05, 0.1) is 5.75 Å². The Balaban J connectivity index is 1.90. The second kappa shape index (κ2) is 8.61. The summed E-state index contributed by atoms with van der Waals surface area (Å²) in [7, 11) is 0. The van der Waals surface area contributed by atoms with Gasteiger partial charge in [0, 0.05) is 4.90 Å². The van der Waals surface area contributed by atoms with Crippen molar-refractivity contribution in [3.05, 3.63) is 18.2 Å². The van der Waals surface area contributed by atoms with Gasteiger partial charge in [-0.05, 0) is 24.1 Å². The van der Waals surface area contributed by atoms with E-state index in [1.165, 1.54) is 11.8 Å². The average Bonchev–Trinajstić information content (AvgIpc) is 2.56. The van der Waals surface area contributed by atoms with Crippen LogP contribution in [0.5, 0.6) is 11.5 Å². The van der Waals surface area contributed by atoms with Crippen molar-refractivity contribution >= 4 is 29.7 Å². The van der Waals surface area contributed by atoms with E-state index in [4.69, 9.17) is 19.9 Å². The highest BCUT2D eigenvalue weighted by Crippen LogP contribution is 2.34. The number of amides is 3. The number of hydrogen-bond donors (Lipinski definition) is 2. The fourth-order valence-corrected chi connectivity index (χ4v) is 2.82. The molecule has 0 aromatic heterocycles. The van der Waals surface area contributed by atoms with Crippen LogP contribution >= 0.6 is 11.8 Å². The lowest BCUT2D eigenvalue weighted by molar-refractivity contribution is -0.155. The summed E-state index contributed by atoms with van der Waals surface area (Å²) < 4.78 is 16.1. The minimum atomic E-state index is -1.08. The van der Waals surface area contributed by atoms with Gasteiger partial charge < -0.3 is 19.9 Å². The molecule has 0 fully saturated rings. The van der Waals surface area contributed by atoms with E-state index >= 15 is 0 Å². The first-order valence-electron chi connectivity index (χ1n) is 7.69. The molecule has 0 aliphatic carbocycles. The standard InChI is InChI=1S/C16H20N2O6S/c1-9(2)14(15(20)18-16(17)21)24-13(19)8-25-10-3-4-11-12(7-10)23-6-5-22-11/h3-4,7,9,14H,5-6,8H2,1-2H3,(H3,17,18,20,21)/t14-/m1/s1. The van der Waals surface area contributed by atoms with E-state index in [1.54, 1.807) is 26.0 Å². The van der Waals surface area contributed by atoms with Crippen LogP contribution in [0.3, 0.4) is 0 Å². The third kappa shape index (κ3) is 5.56. The van der Waals surface area contributed by atoms with Gasteiger partial charge in [0.2, 0.25) is 0 Å². The molecule has 0 radical (unpaired) electrons. The molecular weight excluding hydrogens is 348 g/mol. The van der Waals surface area contributed by atoms with Crippen LogP contribution in [-0.2, 0) is 14.3 Å². The highest BCUT2D eigenvalue weighted by molar-refractivity contribution is 8.00. The molecular formula is C16H20N2O6S. The van der Waals surface area contributed by atoms with E-state index in [0.29, 0.717) is 24.7 Å². The number of benzene rings is 1. The van der Waals surface area contributed by atoms with Crippen LogP contribution in [0.2, 0.25) is 0 Å². The quantitative estimate of drug-likeness (QED) is 0.574. The van der Waals surface area contributed by atoms with Crippen LogP contribution in [0.1, 0.15) is 13.8 Å². The van der Waals surface area contributed by atoms with Gasteiger partial charge in [0.15, 0.2) is 17.6 Å². The van der Waals surface area contributed by atoms with Crippen molar-refractivity contribution in [1.82, 2.24) is 5.32 Å². The van der Waals surface area contributed by atoms with Gasteiger partial charge in [-0.2, -0.15) is 0 Å². The Labute approximate surface area is 149 Å². The Hall–Kier alpha value is -2.42. The smallest absolute Gasteiger partial charge is 0.318 e. The summed E-state index contributed by atoms with van der Waals surface area (Å²) in [5, 5.41) is 1.92. The summed E-state index contributed by atoms with van der Waals surface area (Å²) in [6.07, 6.45) is -1.08. The highest BCUT2D eigenvalue weighted by atomic mass is 32.2. The van der Waals surface area contributed by atoms with Crippen LogP contribution in [0.25, 0.3) is 0 Å². The number of thioether (sulfide) groups is 1. The molecule has 0 saturated carbocycles. The number of hydrogen-bond acceptors (Lipinski definition) is 7. The van der Waals surface area contributed by atoms with Crippen molar-refractivity contribution in [3.63, 3.8) is 0 Å². The summed E-state index contributed by atoms with van der Waals surface area (Å²) in [6, 6.07) is 4.38. The van der Waals surface area contributed by atoms with Crippen molar-refractivity contribution in [2.45, 2.75) is 24.8 Å². The third-order valence-corrected chi connectivity index (χ3v) is 4.21. The molecule has 1 aliphatic rings. The van der Waals surface area contributed by atoms with Crippen molar-refractivity contribution in [3.8, 4) is 11.5 Å². The van der Waals surface area contributed by atoms with Gasteiger partial charge in [-0.15, -0.1) is 11.8 Å². The molecule has 2 rings (SSSR count). The first-order valence-corrected chi connectivity index (χ1v) is 8.67. The molecule has 0 saturated heterocycles. The molecule has 1 heterocycles. The zero-order valence-electron chi connectivity index (χ0n) is 13.9. The minimum Gasteiger partial charge on any atom is -0.486 e. The highest BCUT2D eigenvalue weighted by Gasteiger charge is 2.27. The topological polar surface area (TPSA) is 117 Å². The normalized spacial score (nSPS) is 13.9. The Morgan fingerprint density at radius 3 is 2.56 bits per heavy atom. The van der Waals surface area contributed by atoms with Gasteiger partial charge in [0.1, 0.15) is 13.2 Å². The first-order chi connectivity index (χ1) is 11.9. The molecule has 0 bridgehead atoms. The molecule has 8 nitrogen and oxygen atoms in total. The Morgan fingerprint density at radius 1 is 1.24 bits per heavy atom. The number of nitrogens with two attached hydrogens (primary N) is 1. The molecule has 25 heavy (non-hydrogen) atoms. The van der Waals surface area contributed by atoms with Crippen molar-refractivity contribution in [1.29, 1.82) is 0 Å². The van der Waals surface area contributed by atoms with Crippen LogP contribution in [0.4, 0.5) is 4.79 Å².